The van der Waals surface area contributed by atoms with E-state index in [0.717, 1.165) is 11.4 Å². The van der Waals surface area contributed by atoms with Crippen molar-refractivity contribution < 1.29 is 0 Å². The van der Waals surface area contributed by atoms with E-state index < -0.39 is 0 Å². The Kier molecular flexibility index (Phi) is 5.40. The molecule has 0 saturated carbocycles. The van der Waals surface area contributed by atoms with E-state index in [-0.39, 0.29) is 0 Å². The van der Waals surface area contributed by atoms with Gasteiger partial charge in [0.25, 0.3) is 0 Å². The lowest BCUT2D eigenvalue weighted by molar-refractivity contribution is 1.18. The molecule has 168 valence electrons. The Labute approximate surface area is 206 Å². The van der Waals surface area contributed by atoms with Crippen molar-refractivity contribution in [2.24, 2.45) is 0 Å². The lowest BCUT2D eigenvalue weighted by Gasteiger charge is -2.21. The topological polar surface area (TPSA) is 8.17 Å². The molecule has 0 aliphatic rings. The van der Waals surface area contributed by atoms with Crippen LogP contribution in [0.4, 0.5) is 11.4 Å². The molecule has 0 amide bonds. The lowest BCUT2D eigenvalue weighted by atomic mass is 10.0. The van der Waals surface area contributed by atoms with Crippen molar-refractivity contribution in [3.63, 3.8) is 0 Å². The minimum atomic E-state index is 1.14. The summed E-state index contributed by atoms with van der Waals surface area (Å²) in [7, 11) is 0. The Bertz CT molecular complexity index is 1590. The van der Waals surface area contributed by atoms with E-state index in [4.69, 9.17) is 0 Å². The van der Waals surface area contributed by atoms with Gasteiger partial charge < -0.3 is 9.47 Å². The summed E-state index contributed by atoms with van der Waals surface area (Å²) in [6.45, 7) is 2.05. The summed E-state index contributed by atoms with van der Waals surface area (Å²) < 4.78 is 2.37. The Morgan fingerprint density at radius 3 is 1.80 bits per heavy atom. The number of fused-ring (bicyclic) bond motifs is 3. The van der Waals surface area contributed by atoms with Crippen molar-refractivity contribution in [1.29, 1.82) is 0 Å². The van der Waals surface area contributed by atoms with E-state index in [1.54, 1.807) is 0 Å². The molecule has 1 heterocycles. The molecule has 0 unspecified atom stereocenters. The highest BCUT2D eigenvalue weighted by Crippen LogP contribution is 2.34. The summed E-state index contributed by atoms with van der Waals surface area (Å²) in [4.78, 5) is 2.21. The Balaban J connectivity index is 1.41. The number of hydrogen-bond donors (Lipinski definition) is 0. The molecule has 2 nitrogen and oxygen atoms in total. The number of aromatic nitrogens is 1. The summed E-state index contributed by atoms with van der Waals surface area (Å²) in [6, 6.07) is 45.3. The summed E-state index contributed by atoms with van der Waals surface area (Å²) in [5.41, 5.74) is 8.31. The zero-order chi connectivity index (χ0) is 23.6. The van der Waals surface area contributed by atoms with E-state index in [9.17, 15) is 0 Å². The monoisotopic (exact) mass is 450 g/mol. The zero-order valence-electron chi connectivity index (χ0n) is 19.7. The van der Waals surface area contributed by atoms with Gasteiger partial charge in [-0.25, -0.2) is 0 Å². The second-order valence-corrected chi connectivity index (χ2v) is 8.65. The second-order valence-electron chi connectivity index (χ2n) is 8.65. The fourth-order valence-electron chi connectivity index (χ4n) is 4.90. The van der Waals surface area contributed by atoms with Gasteiger partial charge in [-0.1, -0.05) is 84.9 Å². The fourth-order valence-corrected chi connectivity index (χ4v) is 4.90. The van der Waals surface area contributed by atoms with E-state index in [1.807, 2.05) is 13.0 Å². The van der Waals surface area contributed by atoms with Gasteiger partial charge in [0.1, 0.15) is 0 Å². The van der Waals surface area contributed by atoms with Gasteiger partial charge in [0.15, 0.2) is 0 Å². The summed E-state index contributed by atoms with van der Waals surface area (Å²) in [5, 5.41) is 2.56. The van der Waals surface area contributed by atoms with Gasteiger partial charge in [-0.2, -0.15) is 0 Å². The number of para-hydroxylation sites is 3. The van der Waals surface area contributed by atoms with Gasteiger partial charge >= 0.3 is 0 Å². The Hall–Kier alpha value is -4.56. The standard InChI is InChI=1S/C33H26N2/c1-2-23-34(27-12-4-3-5-13-27)28-21-19-25(20-22-28)26-11-10-14-29(24-26)35-32-17-8-6-15-30(32)31-16-7-9-18-33(31)35/h2-24H,1H3. The van der Waals surface area contributed by atoms with Crippen molar-refractivity contribution >= 4 is 33.2 Å². The average molecular weight is 451 g/mol. The summed E-state index contributed by atoms with van der Waals surface area (Å²) >= 11 is 0. The van der Waals surface area contributed by atoms with Crippen LogP contribution in [0.1, 0.15) is 6.92 Å². The molecule has 2 heteroatoms. The van der Waals surface area contributed by atoms with Gasteiger partial charge in [0.2, 0.25) is 0 Å². The number of allylic oxidation sites excluding steroid dienone is 1. The number of anilines is 2. The van der Waals surface area contributed by atoms with Crippen molar-refractivity contribution in [3.05, 3.63) is 140 Å². The molecule has 0 aliphatic heterocycles. The van der Waals surface area contributed by atoms with Gasteiger partial charge in [0, 0.05) is 34.0 Å². The number of rotatable bonds is 5. The molecule has 0 spiro atoms. The number of nitrogens with zero attached hydrogens (tertiary/aromatic N) is 2. The van der Waals surface area contributed by atoms with Crippen LogP contribution in [0.3, 0.4) is 0 Å². The van der Waals surface area contributed by atoms with Crippen LogP contribution in [-0.2, 0) is 0 Å². The molecular weight excluding hydrogens is 424 g/mol. The first-order chi connectivity index (χ1) is 17.3. The first-order valence-corrected chi connectivity index (χ1v) is 12.0. The van der Waals surface area contributed by atoms with E-state index in [0.29, 0.717) is 0 Å². The first-order valence-electron chi connectivity index (χ1n) is 12.0. The van der Waals surface area contributed by atoms with E-state index in [1.165, 1.54) is 38.6 Å². The van der Waals surface area contributed by atoms with Crippen LogP contribution in [0.2, 0.25) is 0 Å². The van der Waals surface area contributed by atoms with Crippen molar-refractivity contribution in [1.82, 2.24) is 4.57 Å². The van der Waals surface area contributed by atoms with Crippen LogP contribution in [0, 0.1) is 0 Å². The third-order valence-electron chi connectivity index (χ3n) is 6.50. The average Bonchev–Trinajstić information content (AvgIpc) is 3.27. The maximum atomic E-state index is 2.37. The third kappa shape index (κ3) is 3.79. The molecular formula is C33H26N2. The Morgan fingerprint density at radius 2 is 1.14 bits per heavy atom. The van der Waals surface area contributed by atoms with Gasteiger partial charge in [-0.3, -0.25) is 0 Å². The van der Waals surface area contributed by atoms with Crippen molar-refractivity contribution in [2.75, 3.05) is 4.90 Å². The van der Waals surface area contributed by atoms with Crippen molar-refractivity contribution in [2.45, 2.75) is 6.92 Å². The number of hydrogen-bond acceptors (Lipinski definition) is 1. The Morgan fingerprint density at radius 1 is 0.543 bits per heavy atom. The van der Waals surface area contributed by atoms with E-state index in [2.05, 4.69) is 143 Å². The minimum absolute atomic E-state index is 1.14. The molecule has 0 saturated heterocycles. The van der Waals surface area contributed by atoms with Crippen LogP contribution >= 0.6 is 0 Å². The van der Waals surface area contributed by atoms with Crippen LogP contribution in [-0.4, -0.2) is 4.57 Å². The molecule has 0 aliphatic carbocycles. The SMILES string of the molecule is CC=CN(c1ccccc1)c1ccc(-c2cccc(-n3c4ccccc4c4ccccc43)c2)cc1. The van der Waals surface area contributed by atoms with Crippen LogP contribution in [0.25, 0.3) is 38.6 Å². The number of benzene rings is 5. The van der Waals surface area contributed by atoms with Crippen molar-refractivity contribution in [3.8, 4) is 16.8 Å². The molecule has 35 heavy (non-hydrogen) atoms. The zero-order valence-corrected chi connectivity index (χ0v) is 19.7. The molecule has 1 aromatic heterocycles. The normalized spacial score (nSPS) is 11.5. The van der Waals surface area contributed by atoms with Gasteiger partial charge in [-0.05, 0) is 66.6 Å². The summed E-state index contributed by atoms with van der Waals surface area (Å²) in [5.74, 6) is 0. The van der Waals surface area contributed by atoms with Crippen LogP contribution in [0.5, 0.6) is 0 Å². The highest BCUT2D eigenvalue weighted by molar-refractivity contribution is 6.09. The van der Waals surface area contributed by atoms with Gasteiger partial charge in [0.05, 0.1) is 11.0 Å². The maximum absolute atomic E-state index is 2.37. The maximum Gasteiger partial charge on any atom is 0.0541 e. The highest BCUT2D eigenvalue weighted by atomic mass is 15.1. The predicted octanol–water partition coefficient (Wildman–Crippen LogP) is 9.12. The van der Waals surface area contributed by atoms with Crippen LogP contribution < -0.4 is 4.90 Å². The lowest BCUT2D eigenvalue weighted by Crippen LogP contribution is -2.07. The molecule has 0 fully saturated rings. The third-order valence-corrected chi connectivity index (χ3v) is 6.50. The molecule has 0 radical (unpaired) electrons. The first kappa shape index (κ1) is 21.0. The molecule has 0 bridgehead atoms. The second kappa shape index (κ2) is 9.00. The molecule has 0 atom stereocenters. The molecule has 6 rings (SSSR count). The largest absolute Gasteiger partial charge is 0.318 e. The quantitative estimate of drug-likeness (QED) is 0.254. The highest BCUT2D eigenvalue weighted by Gasteiger charge is 2.12. The smallest absolute Gasteiger partial charge is 0.0541 e. The molecule has 0 N–H and O–H groups in total. The van der Waals surface area contributed by atoms with Gasteiger partial charge in [-0.15, -0.1) is 0 Å². The molecule has 5 aromatic carbocycles. The van der Waals surface area contributed by atoms with Crippen LogP contribution in [0.15, 0.2) is 140 Å². The predicted molar refractivity (Wildman–Crippen MR) is 150 cm³/mol. The fraction of sp³-hybridized carbons (Fsp3) is 0.0303. The summed E-state index contributed by atoms with van der Waals surface area (Å²) in [6.07, 6.45) is 4.17. The van der Waals surface area contributed by atoms with E-state index >= 15 is 0 Å². The minimum Gasteiger partial charge on any atom is -0.318 e. The molecule has 6 aromatic rings.